The number of fused-ring (bicyclic) bond motifs is 1. The van der Waals surface area contributed by atoms with Gasteiger partial charge in [-0.25, -0.2) is 4.79 Å². The molecular formula is C32H47NO5. The fourth-order valence-electron chi connectivity index (χ4n) is 8.02. The van der Waals surface area contributed by atoms with Crippen LogP contribution in [0.2, 0.25) is 0 Å². The molecule has 0 aromatic rings. The number of aliphatic hydroxyl groups is 2. The smallest absolute Gasteiger partial charge is 0.336 e. The molecule has 2 bridgehead atoms. The van der Waals surface area contributed by atoms with E-state index in [1.165, 1.54) is 24.8 Å². The number of nitrogens with zero attached hydrogens (tertiary/aromatic N) is 1. The molecule has 4 fully saturated rings. The van der Waals surface area contributed by atoms with Gasteiger partial charge in [0.2, 0.25) is 0 Å². The molecule has 2 saturated carbocycles. The van der Waals surface area contributed by atoms with Crippen LogP contribution in [0.3, 0.4) is 0 Å². The highest BCUT2D eigenvalue weighted by Gasteiger charge is 2.74. The number of carbonyl (C=O) groups excluding carboxylic acids is 1. The summed E-state index contributed by atoms with van der Waals surface area (Å²) in [7, 11) is 0. The second-order valence-corrected chi connectivity index (χ2v) is 13.0. The second-order valence-electron chi connectivity index (χ2n) is 13.0. The van der Waals surface area contributed by atoms with Crippen LogP contribution >= 0.6 is 0 Å². The number of rotatable bonds is 9. The van der Waals surface area contributed by atoms with E-state index < -0.39 is 29.2 Å². The van der Waals surface area contributed by atoms with Gasteiger partial charge in [-0.2, -0.15) is 0 Å². The van der Waals surface area contributed by atoms with E-state index in [9.17, 15) is 15.0 Å². The van der Waals surface area contributed by atoms with Gasteiger partial charge >= 0.3 is 5.97 Å². The minimum atomic E-state index is -1.03. The highest BCUT2D eigenvalue weighted by molar-refractivity contribution is 5.84. The quantitative estimate of drug-likeness (QED) is 0.238. The van der Waals surface area contributed by atoms with Crippen LogP contribution in [-0.4, -0.2) is 58.0 Å². The van der Waals surface area contributed by atoms with Crippen LogP contribution in [0.15, 0.2) is 47.0 Å². The zero-order valence-corrected chi connectivity index (χ0v) is 23.9. The highest BCUT2D eigenvalue weighted by Crippen LogP contribution is 2.67. The molecular weight excluding hydrogens is 478 g/mol. The minimum absolute atomic E-state index is 0.0211. The van der Waals surface area contributed by atoms with Crippen molar-refractivity contribution in [2.75, 3.05) is 13.1 Å². The summed E-state index contributed by atoms with van der Waals surface area (Å²) in [6, 6.07) is 0.0211. The topological polar surface area (TPSA) is 79.2 Å². The number of likely N-dealkylation sites (tertiary alicyclic amines) is 1. The first-order valence-electron chi connectivity index (χ1n) is 14.8. The summed E-state index contributed by atoms with van der Waals surface area (Å²) in [5.41, 5.74) is 0.589. The number of esters is 1. The molecule has 7 atom stereocenters. The van der Waals surface area contributed by atoms with Crippen molar-refractivity contribution in [3.05, 3.63) is 47.0 Å². The Labute approximate surface area is 228 Å². The Bertz CT molecular complexity index is 1050. The van der Waals surface area contributed by atoms with Crippen LogP contribution in [0, 0.1) is 23.2 Å². The van der Waals surface area contributed by atoms with E-state index in [1.807, 2.05) is 26.8 Å². The lowest BCUT2D eigenvalue weighted by molar-refractivity contribution is -0.237. The lowest BCUT2D eigenvalue weighted by Gasteiger charge is -2.64. The van der Waals surface area contributed by atoms with Gasteiger partial charge in [-0.05, 0) is 97.1 Å². The maximum absolute atomic E-state index is 12.9. The monoisotopic (exact) mass is 525 g/mol. The predicted octanol–water partition coefficient (Wildman–Crippen LogP) is 5.42. The van der Waals surface area contributed by atoms with Crippen molar-refractivity contribution in [1.82, 2.24) is 4.90 Å². The predicted molar refractivity (Wildman–Crippen MR) is 148 cm³/mol. The van der Waals surface area contributed by atoms with Gasteiger partial charge in [0.1, 0.15) is 11.9 Å². The molecule has 5 rings (SSSR count). The Morgan fingerprint density at radius 1 is 1.32 bits per heavy atom. The van der Waals surface area contributed by atoms with Crippen LogP contribution in [0.25, 0.3) is 0 Å². The summed E-state index contributed by atoms with van der Waals surface area (Å²) in [6.45, 7) is 12.0. The Morgan fingerprint density at radius 3 is 2.74 bits per heavy atom. The van der Waals surface area contributed by atoms with Crippen LogP contribution in [0.1, 0.15) is 86.0 Å². The van der Waals surface area contributed by atoms with Crippen molar-refractivity contribution in [2.24, 2.45) is 23.2 Å². The third-order valence-corrected chi connectivity index (χ3v) is 10.3. The van der Waals surface area contributed by atoms with E-state index in [4.69, 9.17) is 9.47 Å². The largest absolute Gasteiger partial charge is 0.487 e. The first-order chi connectivity index (χ1) is 18.1. The molecule has 2 heterocycles. The van der Waals surface area contributed by atoms with E-state index in [-0.39, 0.29) is 17.9 Å². The first-order valence-corrected chi connectivity index (χ1v) is 14.8. The Hall–Kier alpha value is -1.89. The number of piperidine rings is 1. The molecule has 3 aliphatic carbocycles. The SMILES string of the molecule is CCC(O)C1OC2=C(OC(=O)/C=C(\C)CCC=C(C)C)C=CC3CC4N(CC5CCC5)CCC1(C23)C4(C)O. The van der Waals surface area contributed by atoms with Gasteiger partial charge in [0, 0.05) is 24.6 Å². The van der Waals surface area contributed by atoms with Gasteiger partial charge in [0.15, 0.2) is 5.76 Å². The van der Waals surface area contributed by atoms with Crippen LogP contribution in [0.5, 0.6) is 0 Å². The number of hydrogen-bond acceptors (Lipinski definition) is 6. The fourth-order valence-corrected chi connectivity index (χ4v) is 8.02. The average molecular weight is 526 g/mol. The maximum Gasteiger partial charge on any atom is 0.336 e. The van der Waals surface area contributed by atoms with Gasteiger partial charge < -0.3 is 19.7 Å². The third-order valence-electron chi connectivity index (χ3n) is 10.3. The fraction of sp³-hybridized carbons (Fsp3) is 0.719. The molecule has 210 valence electrons. The van der Waals surface area contributed by atoms with Crippen LogP contribution in [-0.2, 0) is 14.3 Å². The van der Waals surface area contributed by atoms with E-state index in [1.54, 1.807) is 6.08 Å². The lowest BCUT2D eigenvalue weighted by atomic mass is 9.47. The molecule has 1 spiro atoms. The number of carbonyl (C=O) groups is 1. The zero-order chi connectivity index (χ0) is 27.2. The number of ether oxygens (including phenoxy) is 2. The van der Waals surface area contributed by atoms with Crippen molar-refractivity contribution < 1.29 is 24.5 Å². The van der Waals surface area contributed by atoms with Crippen LogP contribution in [0.4, 0.5) is 0 Å². The summed E-state index contributed by atoms with van der Waals surface area (Å²) < 4.78 is 12.5. The summed E-state index contributed by atoms with van der Waals surface area (Å²) in [6.07, 6.45) is 14.3. The molecule has 0 radical (unpaired) electrons. The summed E-state index contributed by atoms with van der Waals surface area (Å²) in [5, 5.41) is 23.6. The highest BCUT2D eigenvalue weighted by atomic mass is 16.6. The number of hydrogen-bond donors (Lipinski definition) is 2. The molecule has 2 saturated heterocycles. The Balaban J connectivity index is 1.43. The maximum atomic E-state index is 12.9. The zero-order valence-electron chi connectivity index (χ0n) is 23.9. The van der Waals surface area contributed by atoms with Gasteiger partial charge in [-0.3, -0.25) is 4.90 Å². The molecule has 0 amide bonds. The molecule has 5 aliphatic rings. The summed E-state index contributed by atoms with van der Waals surface area (Å²) in [4.78, 5) is 15.4. The molecule has 6 nitrogen and oxygen atoms in total. The Morgan fingerprint density at radius 2 is 2.08 bits per heavy atom. The van der Waals surface area contributed by atoms with Crippen molar-refractivity contribution in [1.29, 1.82) is 0 Å². The molecule has 0 aromatic heterocycles. The number of allylic oxidation sites excluding steroid dienone is 6. The molecule has 2 N–H and O–H groups in total. The van der Waals surface area contributed by atoms with E-state index in [2.05, 4.69) is 30.9 Å². The number of aliphatic hydroxyl groups excluding tert-OH is 1. The summed E-state index contributed by atoms with van der Waals surface area (Å²) >= 11 is 0. The Kier molecular flexibility index (Phi) is 7.71. The first kappa shape index (κ1) is 27.7. The summed E-state index contributed by atoms with van der Waals surface area (Å²) in [5.74, 6) is 1.47. The van der Waals surface area contributed by atoms with Gasteiger partial charge in [-0.1, -0.05) is 36.6 Å². The molecule has 38 heavy (non-hydrogen) atoms. The lowest BCUT2D eigenvalue weighted by Crippen LogP contribution is -2.74. The standard InChI is InChI=1S/C32H47NO5/c1-6-24(34)30-32-15-16-33(19-22-11-8-12-22)26(31(32,5)36)18-23-13-14-25(29(38-30)28(23)32)37-27(35)17-21(4)10-7-9-20(2)3/h9,13-14,17,22-24,26,28,30,34,36H,6-8,10-12,15-16,18-19H2,1-5H3/b21-17+. The second kappa shape index (κ2) is 10.6. The van der Waals surface area contributed by atoms with E-state index in [0.29, 0.717) is 17.9 Å². The van der Waals surface area contributed by atoms with E-state index in [0.717, 1.165) is 50.3 Å². The molecule has 6 heteroatoms. The van der Waals surface area contributed by atoms with Crippen molar-refractivity contribution in [3.8, 4) is 0 Å². The van der Waals surface area contributed by atoms with Crippen LogP contribution < -0.4 is 0 Å². The minimum Gasteiger partial charge on any atom is -0.487 e. The van der Waals surface area contributed by atoms with Gasteiger partial charge in [0.25, 0.3) is 0 Å². The van der Waals surface area contributed by atoms with Crippen molar-refractivity contribution >= 4 is 5.97 Å². The van der Waals surface area contributed by atoms with Crippen molar-refractivity contribution in [3.63, 3.8) is 0 Å². The van der Waals surface area contributed by atoms with Gasteiger partial charge in [0.05, 0.1) is 17.1 Å². The molecule has 0 aromatic carbocycles. The molecule has 7 unspecified atom stereocenters. The van der Waals surface area contributed by atoms with E-state index >= 15 is 0 Å². The molecule has 2 aliphatic heterocycles. The van der Waals surface area contributed by atoms with Crippen molar-refractivity contribution in [2.45, 2.75) is 110 Å². The normalized spacial score (nSPS) is 37.3. The third kappa shape index (κ3) is 4.61. The van der Waals surface area contributed by atoms with Gasteiger partial charge in [-0.15, -0.1) is 0 Å². The average Bonchev–Trinajstić information content (AvgIpc) is 3.17.